The molecule has 0 aromatic carbocycles. The summed E-state index contributed by atoms with van der Waals surface area (Å²) in [6.07, 6.45) is 5.67. The lowest BCUT2D eigenvalue weighted by Crippen LogP contribution is -2.38. The van der Waals surface area contributed by atoms with Gasteiger partial charge in [-0.3, -0.25) is 4.79 Å². The number of ether oxygens (including phenoxy) is 1. The highest BCUT2D eigenvalue weighted by atomic mass is 35.5. The van der Waals surface area contributed by atoms with Gasteiger partial charge in [-0.15, -0.1) is 11.6 Å². The number of hydrogen-bond acceptors (Lipinski definition) is 2. The van der Waals surface area contributed by atoms with E-state index in [9.17, 15) is 4.79 Å². The molecule has 0 aromatic rings. The van der Waals surface area contributed by atoms with E-state index in [1.165, 1.54) is 12.8 Å². The van der Waals surface area contributed by atoms with Crippen LogP contribution in [0.15, 0.2) is 0 Å². The Bertz CT molecular complexity index is 215. The smallest absolute Gasteiger partial charge is 0.246 e. The van der Waals surface area contributed by atoms with Gasteiger partial charge in [0.25, 0.3) is 0 Å². The van der Waals surface area contributed by atoms with Gasteiger partial charge in [0, 0.05) is 24.4 Å². The van der Waals surface area contributed by atoms with Gasteiger partial charge in [-0.25, -0.2) is 0 Å². The average Bonchev–Trinajstić information content (AvgIpc) is 2.76. The number of carbonyl (C=O) groups excluding carboxylic acids is 1. The lowest BCUT2D eigenvalue weighted by atomic mass is 9.88. The third-order valence-electron chi connectivity index (χ3n) is 3.19. The van der Waals surface area contributed by atoms with E-state index in [-0.39, 0.29) is 17.9 Å². The molecule has 1 N–H and O–H groups in total. The molecule has 0 bridgehead atoms. The van der Waals surface area contributed by atoms with Crippen molar-refractivity contribution in [3.05, 3.63) is 0 Å². The average molecular weight is 248 g/mol. The molecule has 94 valence electrons. The largest absolute Gasteiger partial charge is 0.372 e. The fourth-order valence-corrected chi connectivity index (χ4v) is 2.49. The molecule has 0 aromatic heterocycles. The predicted molar refractivity (Wildman–Crippen MR) is 65.7 cm³/mol. The summed E-state index contributed by atoms with van der Waals surface area (Å²) in [5.74, 6) is 0.619. The van der Waals surface area contributed by atoms with Crippen LogP contribution in [0.3, 0.4) is 0 Å². The molecule has 0 radical (unpaired) electrons. The molecule has 0 unspecified atom stereocenters. The summed E-state index contributed by atoms with van der Waals surface area (Å²) in [4.78, 5) is 11.5. The molecule has 1 rings (SSSR count). The van der Waals surface area contributed by atoms with E-state index in [1.807, 2.05) is 6.92 Å². The zero-order valence-corrected chi connectivity index (χ0v) is 10.8. The van der Waals surface area contributed by atoms with Crippen LogP contribution in [0.2, 0.25) is 0 Å². The molecular weight excluding hydrogens is 226 g/mol. The third kappa shape index (κ3) is 4.30. The minimum Gasteiger partial charge on any atom is -0.372 e. The summed E-state index contributed by atoms with van der Waals surface area (Å²) < 4.78 is 5.18. The minimum atomic E-state index is -0.0233. The van der Waals surface area contributed by atoms with Crippen LogP contribution in [-0.2, 0) is 9.53 Å². The van der Waals surface area contributed by atoms with Crippen molar-refractivity contribution >= 4 is 17.5 Å². The molecule has 3 nitrogen and oxygen atoms in total. The molecule has 1 aliphatic carbocycles. The van der Waals surface area contributed by atoms with Gasteiger partial charge in [-0.05, 0) is 19.3 Å². The fraction of sp³-hybridized carbons (Fsp3) is 0.917. The SMILES string of the molecule is CCCOCC(=O)NCC1(CCl)CCCC1. The zero-order chi connectivity index (χ0) is 11.9. The Morgan fingerprint density at radius 1 is 1.44 bits per heavy atom. The molecular formula is C12H22ClNO2. The Morgan fingerprint density at radius 3 is 2.69 bits per heavy atom. The van der Waals surface area contributed by atoms with E-state index < -0.39 is 0 Å². The number of halogens is 1. The van der Waals surface area contributed by atoms with Crippen LogP contribution in [0.5, 0.6) is 0 Å². The molecule has 0 aliphatic heterocycles. The second kappa shape index (κ2) is 7.13. The first-order valence-corrected chi connectivity index (χ1v) is 6.66. The number of carbonyl (C=O) groups is 1. The number of rotatable bonds is 7. The van der Waals surface area contributed by atoms with E-state index >= 15 is 0 Å². The maximum absolute atomic E-state index is 11.5. The Kier molecular flexibility index (Phi) is 6.14. The molecule has 0 saturated heterocycles. The lowest BCUT2D eigenvalue weighted by Gasteiger charge is -2.26. The summed E-state index contributed by atoms with van der Waals surface area (Å²) in [7, 11) is 0. The molecule has 1 amide bonds. The molecule has 1 aliphatic rings. The highest BCUT2D eigenvalue weighted by Gasteiger charge is 2.33. The van der Waals surface area contributed by atoms with Crippen molar-refractivity contribution in [3.8, 4) is 0 Å². The van der Waals surface area contributed by atoms with E-state index in [2.05, 4.69) is 5.32 Å². The van der Waals surface area contributed by atoms with Crippen molar-refractivity contribution in [1.29, 1.82) is 0 Å². The number of amides is 1. The first-order valence-electron chi connectivity index (χ1n) is 6.13. The van der Waals surface area contributed by atoms with Crippen molar-refractivity contribution in [3.63, 3.8) is 0 Å². The van der Waals surface area contributed by atoms with E-state index in [4.69, 9.17) is 16.3 Å². The first kappa shape index (κ1) is 13.8. The standard InChI is InChI=1S/C12H22ClNO2/c1-2-7-16-8-11(15)14-10-12(9-13)5-3-4-6-12/h2-10H2,1H3,(H,14,15). The Morgan fingerprint density at radius 2 is 2.12 bits per heavy atom. The van der Waals surface area contributed by atoms with Crippen molar-refractivity contribution < 1.29 is 9.53 Å². The number of hydrogen-bond donors (Lipinski definition) is 1. The van der Waals surface area contributed by atoms with Crippen LogP contribution in [0, 0.1) is 5.41 Å². The van der Waals surface area contributed by atoms with Crippen molar-refractivity contribution in [2.24, 2.45) is 5.41 Å². The second-order valence-electron chi connectivity index (χ2n) is 4.67. The molecule has 16 heavy (non-hydrogen) atoms. The summed E-state index contributed by atoms with van der Waals surface area (Å²) in [5, 5.41) is 2.93. The van der Waals surface area contributed by atoms with E-state index in [0.717, 1.165) is 19.3 Å². The van der Waals surface area contributed by atoms with Gasteiger partial charge in [-0.2, -0.15) is 0 Å². The Hall–Kier alpha value is -0.280. The maximum atomic E-state index is 11.5. The normalized spacial score (nSPS) is 18.6. The summed E-state index contributed by atoms with van der Waals surface area (Å²) in [6, 6.07) is 0. The van der Waals surface area contributed by atoms with Crippen molar-refractivity contribution in [1.82, 2.24) is 5.32 Å². The van der Waals surface area contributed by atoms with E-state index in [0.29, 0.717) is 19.0 Å². The van der Waals surface area contributed by atoms with Gasteiger partial charge in [0.15, 0.2) is 0 Å². The number of alkyl halides is 1. The van der Waals surface area contributed by atoms with Crippen molar-refractivity contribution in [2.75, 3.05) is 25.6 Å². The van der Waals surface area contributed by atoms with Crippen LogP contribution in [0.25, 0.3) is 0 Å². The quantitative estimate of drug-likeness (QED) is 0.554. The van der Waals surface area contributed by atoms with Gasteiger partial charge in [0.2, 0.25) is 5.91 Å². The van der Waals surface area contributed by atoms with Crippen LogP contribution >= 0.6 is 11.6 Å². The molecule has 1 fully saturated rings. The lowest BCUT2D eigenvalue weighted by molar-refractivity contribution is -0.126. The highest BCUT2D eigenvalue weighted by molar-refractivity contribution is 6.18. The highest BCUT2D eigenvalue weighted by Crippen LogP contribution is 2.38. The van der Waals surface area contributed by atoms with Crippen LogP contribution in [-0.4, -0.2) is 31.5 Å². The Labute approximate surface area is 103 Å². The molecule has 1 saturated carbocycles. The number of nitrogens with one attached hydrogen (secondary N) is 1. The van der Waals surface area contributed by atoms with Gasteiger partial charge in [0.05, 0.1) is 0 Å². The first-order chi connectivity index (χ1) is 7.72. The topological polar surface area (TPSA) is 38.3 Å². The van der Waals surface area contributed by atoms with Crippen LogP contribution in [0.4, 0.5) is 0 Å². The predicted octanol–water partition coefficient (Wildman–Crippen LogP) is 2.33. The van der Waals surface area contributed by atoms with E-state index in [1.54, 1.807) is 0 Å². The second-order valence-corrected chi connectivity index (χ2v) is 4.94. The molecule has 0 heterocycles. The van der Waals surface area contributed by atoms with Crippen molar-refractivity contribution in [2.45, 2.75) is 39.0 Å². The van der Waals surface area contributed by atoms with Gasteiger partial charge < -0.3 is 10.1 Å². The monoisotopic (exact) mass is 247 g/mol. The van der Waals surface area contributed by atoms with Gasteiger partial charge in [0.1, 0.15) is 6.61 Å². The molecule has 0 atom stereocenters. The Balaban J connectivity index is 2.19. The third-order valence-corrected chi connectivity index (χ3v) is 3.76. The molecule has 0 spiro atoms. The van der Waals surface area contributed by atoms with Crippen LogP contribution < -0.4 is 5.32 Å². The zero-order valence-electron chi connectivity index (χ0n) is 10.1. The van der Waals surface area contributed by atoms with Gasteiger partial charge in [-0.1, -0.05) is 19.8 Å². The fourth-order valence-electron chi connectivity index (χ4n) is 2.13. The molecule has 4 heteroatoms. The van der Waals surface area contributed by atoms with Crippen LogP contribution in [0.1, 0.15) is 39.0 Å². The minimum absolute atomic E-state index is 0.0233. The summed E-state index contributed by atoms with van der Waals surface area (Å²) >= 11 is 5.99. The van der Waals surface area contributed by atoms with Gasteiger partial charge >= 0.3 is 0 Å². The summed E-state index contributed by atoms with van der Waals surface area (Å²) in [6.45, 7) is 3.55. The maximum Gasteiger partial charge on any atom is 0.246 e. The summed E-state index contributed by atoms with van der Waals surface area (Å²) in [5.41, 5.74) is 0.141.